The summed E-state index contributed by atoms with van der Waals surface area (Å²) in [7, 11) is 0. The summed E-state index contributed by atoms with van der Waals surface area (Å²) in [5.41, 5.74) is 0.999. The van der Waals surface area contributed by atoms with Crippen LogP contribution in [0.4, 0.5) is 5.82 Å². The van der Waals surface area contributed by atoms with E-state index >= 15 is 0 Å². The number of hydrogen-bond acceptors (Lipinski definition) is 6. The summed E-state index contributed by atoms with van der Waals surface area (Å²) < 4.78 is 7.20. The predicted octanol–water partition coefficient (Wildman–Crippen LogP) is 1.89. The SMILES string of the molecule is Cc1nc(NCCNC(=O)COc2ccccc2C)cc(-n2cccn2)n1. The second-order valence-electron chi connectivity index (χ2n) is 5.94. The Morgan fingerprint density at radius 2 is 2.00 bits per heavy atom. The van der Waals surface area contributed by atoms with Crippen LogP contribution in [0.1, 0.15) is 11.4 Å². The van der Waals surface area contributed by atoms with Gasteiger partial charge < -0.3 is 15.4 Å². The fourth-order valence-electron chi connectivity index (χ4n) is 2.47. The van der Waals surface area contributed by atoms with Crippen LogP contribution in [0.2, 0.25) is 0 Å². The molecule has 2 N–H and O–H groups in total. The van der Waals surface area contributed by atoms with Crippen molar-refractivity contribution in [3.05, 3.63) is 60.2 Å². The minimum Gasteiger partial charge on any atom is -0.484 e. The molecule has 2 heterocycles. The first kappa shape index (κ1) is 18.4. The quantitative estimate of drug-likeness (QED) is 0.591. The molecule has 0 atom stereocenters. The van der Waals surface area contributed by atoms with Crippen molar-refractivity contribution in [1.82, 2.24) is 25.1 Å². The Balaban J connectivity index is 1.43. The molecule has 0 radical (unpaired) electrons. The highest BCUT2D eigenvalue weighted by Gasteiger charge is 2.06. The first-order valence-corrected chi connectivity index (χ1v) is 8.66. The van der Waals surface area contributed by atoms with Crippen molar-refractivity contribution >= 4 is 11.7 Å². The van der Waals surface area contributed by atoms with Gasteiger partial charge in [0.15, 0.2) is 12.4 Å². The third-order valence-electron chi connectivity index (χ3n) is 3.77. The largest absolute Gasteiger partial charge is 0.484 e. The van der Waals surface area contributed by atoms with Gasteiger partial charge in [0, 0.05) is 31.5 Å². The smallest absolute Gasteiger partial charge is 0.258 e. The molecule has 0 saturated carbocycles. The zero-order valence-corrected chi connectivity index (χ0v) is 15.3. The van der Waals surface area contributed by atoms with Crippen LogP contribution in [-0.2, 0) is 4.79 Å². The highest BCUT2D eigenvalue weighted by atomic mass is 16.5. The van der Waals surface area contributed by atoms with Gasteiger partial charge in [-0.05, 0) is 31.5 Å². The molecule has 140 valence electrons. The first-order valence-electron chi connectivity index (χ1n) is 8.66. The fraction of sp³-hybridized carbons (Fsp3) is 0.263. The number of rotatable bonds is 8. The average molecular weight is 366 g/mol. The maximum Gasteiger partial charge on any atom is 0.258 e. The number of aryl methyl sites for hydroxylation is 2. The standard InChI is InChI=1S/C19H22N6O2/c1-14-6-3-4-7-16(14)27-13-19(26)21-10-9-20-17-12-18(24-15(2)23-17)25-11-5-8-22-25/h3-8,11-12H,9-10,13H2,1-2H3,(H,21,26)(H,20,23,24). The molecule has 2 aromatic heterocycles. The lowest BCUT2D eigenvalue weighted by Crippen LogP contribution is -2.32. The predicted molar refractivity (Wildman–Crippen MR) is 102 cm³/mol. The van der Waals surface area contributed by atoms with Gasteiger partial charge in [-0.2, -0.15) is 5.10 Å². The highest BCUT2D eigenvalue weighted by Crippen LogP contribution is 2.15. The summed E-state index contributed by atoms with van der Waals surface area (Å²) in [6.07, 6.45) is 3.51. The number of carbonyl (C=O) groups is 1. The topological polar surface area (TPSA) is 94.0 Å². The lowest BCUT2D eigenvalue weighted by molar-refractivity contribution is -0.123. The molecule has 0 saturated heterocycles. The summed E-state index contributed by atoms with van der Waals surface area (Å²) >= 11 is 0. The van der Waals surface area contributed by atoms with Crippen LogP contribution < -0.4 is 15.4 Å². The van der Waals surface area contributed by atoms with Crippen LogP contribution in [0.5, 0.6) is 5.75 Å². The molecule has 0 aliphatic rings. The van der Waals surface area contributed by atoms with Crippen molar-refractivity contribution in [2.45, 2.75) is 13.8 Å². The minimum atomic E-state index is -0.170. The summed E-state index contributed by atoms with van der Waals surface area (Å²) in [6.45, 7) is 4.74. The molecule has 8 heteroatoms. The number of nitrogens with zero attached hydrogens (tertiary/aromatic N) is 4. The van der Waals surface area contributed by atoms with E-state index in [1.807, 2.05) is 56.4 Å². The molecule has 0 aliphatic carbocycles. The molecular formula is C19H22N6O2. The van der Waals surface area contributed by atoms with E-state index in [2.05, 4.69) is 25.7 Å². The number of ether oxygens (including phenoxy) is 1. The Labute approximate surface area is 157 Å². The van der Waals surface area contributed by atoms with E-state index in [9.17, 15) is 4.79 Å². The third kappa shape index (κ3) is 5.27. The van der Waals surface area contributed by atoms with E-state index in [4.69, 9.17) is 4.74 Å². The molecule has 3 rings (SSSR count). The van der Waals surface area contributed by atoms with Crippen LogP contribution in [0.3, 0.4) is 0 Å². The molecule has 1 aromatic carbocycles. The maximum atomic E-state index is 11.9. The second-order valence-corrected chi connectivity index (χ2v) is 5.94. The number of amides is 1. The summed E-state index contributed by atoms with van der Waals surface area (Å²) in [5.74, 6) is 2.55. The maximum absolute atomic E-state index is 11.9. The van der Waals surface area contributed by atoms with Gasteiger partial charge in [-0.25, -0.2) is 14.6 Å². The van der Waals surface area contributed by atoms with Crippen molar-refractivity contribution in [3.63, 3.8) is 0 Å². The number of benzene rings is 1. The van der Waals surface area contributed by atoms with Gasteiger partial charge in [-0.15, -0.1) is 0 Å². The van der Waals surface area contributed by atoms with Gasteiger partial charge in [0.1, 0.15) is 17.4 Å². The Bertz CT molecular complexity index is 895. The zero-order valence-electron chi connectivity index (χ0n) is 15.3. The van der Waals surface area contributed by atoms with Crippen LogP contribution in [-0.4, -0.2) is 45.4 Å². The minimum absolute atomic E-state index is 0.0130. The Kier molecular flexibility index (Phi) is 5.98. The number of para-hydroxylation sites is 1. The van der Waals surface area contributed by atoms with Crippen molar-refractivity contribution in [3.8, 4) is 11.6 Å². The van der Waals surface area contributed by atoms with E-state index in [0.717, 1.165) is 5.56 Å². The van der Waals surface area contributed by atoms with Crippen LogP contribution in [0, 0.1) is 13.8 Å². The fourth-order valence-corrected chi connectivity index (χ4v) is 2.47. The van der Waals surface area contributed by atoms with Crippen LogP contribution in [0.15, 0.2) is 48.8 Å². The Morgan fingerprint density at radius 3 is 2.78 bits per heavy atom. The molecule has 8 nitrogen and oxygen atoms in total. The van der Waals surface area contributed by atoms with E-state index in [1.54, 1.807) is 10.9 Å². The van der Waals surface area contributed by atoms with Crippen LogP contribution >= 0.6 is 0 Å². The lowest BCUT2D eigenvalue weighted by Gasteiger charge is -2.11. The number of hydrogen-bond donors (Lipinski definition) is 2. The van der Waals surface area contributed by atoms with Gasteiger partial charge in [0.2, 0.25) is 0 Å². The Morgan fingerprint density at radius 1 is 1.15 bits per heavy atom. The van der Waals surface area contributed by atoms with E-state index in [0.29, 0.717) is 36.3 Å². The van der Waals surface area contributed by atoms with Gasteiger partial charge >= 0.3 is 0 Å². The molecule has 0 unspecified atom stereocenters. The molecule has 3 aromatic rings. The van der Waals surface area contributed by atoms with Crippen LogP contribution in [0.25, 0.3) is 5.82 Å². The summed E-state index contributed by atoms with van der Waals surface area (Å²) in [4.78, 5) is 20.6. The van der Waals surface area contributed by atoms with Gasteiger partial charge in [-0.1, -0.05) is 18.2 Å². The molecule has 0 aliphatic heterocycles. The summed E-state index contributed by atoms with van der Waals surface area (Å²) in [6, 6.07) is 11.2. The lowest BCUT2D eigenvalue weighted by atomic mass is 10.2. The van der Waals surface area contributed by atoms with Crippen molar-refractivity contribution in [2.24, 2.45) is 0 Å². The molecule has 1 amide bonds. The first-order chi connectivity index (χ1) is 13.1. The van der Waals surface area contributed by atoms with E-state index in [1.165, 1.54) is 0 Å². The van der Waals surface area contributed by atoms with Crippen molar-refractivity contribution < 1.29 is 9.53 Å². The van der Waals surface area contributed by atoms with Gasteiger partial charge in [0.05, 0.1) is 0 Å². The average Bonchev–Trinajstić information content (AvgIpc) is 3.19. The third-order valence-corrected chi connectivity index (χ3v) is 3.77. The zero-order chi connectivity index (χ0) is 19.1. The molecule has 0 spiro atoms. The number of carbonyl (C=O) groups excluding carboxylic acids is 1. The van der Waals surface area contributed by atoms with Crippen molar-refractivity contribution in [2.75, 3.05) is 25.0 Å². The number of aromatic nitrogens is 4. The highest BCUT2D eigenvalue weighted by molar-refractivity contribution is 5.77. The molecular weight excluding hydrogens is 344 g/mol. The monoisotopic (exact) mass is 366 g/mol. The van der Waals surface area contributed by atoms with Gasteiger partial charge in [0.25, 0.3) is 5.91 Å². The second kappa shape index (κ2) is 8.79. The number of anilines is 1. The molecule has 27 heavy (non-hydrogen) atoms. The van der Waals surface area contributed by atoms with E-state index < -0.39 is 0 Å². The normalized spacial score (nSPS) is 10.4. The number of nitrogens with one attached hydrogen (secondary N) is 2. The molecule has 0 bridgehead atoms. The molecule has 0 fully saturated rings. The summed E-state index contributed by atoms with van der Waals surface area (Å²) in [5, 5.41) is 10.2. The van der Waals surface area contributed by atoms with E-state index in [-0.39, 0.29) is 12.5 Å². The Hall–Kier alpha value is -3.42. The van der Waals surface area contributed by atoms with Crippen molar-refractivity contribution in [1.29, 1.82) is 0 Å². The van der Waals surface area contributed by atoms with Gasteiger partial charge in [-0.3, -0.25) is 4.79 Å².